The Kier molecular flexibility index (Phi) is 7.47. The minimum Gasteiger partial charge on any atom is -0.335 e. The van der Waals surface area contributed by atoms with E-state index in [4.69, 9.17) is 11.6 Å². The average Bonchev–Trinajstić information content (AvgIpc) is 3.03. The summed E-state index contributed by atoms with van der Waals surface area (Å²) in [6, 6.07) is 6.87. The number of hydrogen-bond acceptors (Lipinski definition) is 5. The second kappa shape index (κ2) is 9.59. The normalized spacial score (nSPS) is 11.8. The van der Waals surface area contributed by atoms with Crippen LogP contribution >= 0.6 is 23.4 Å². The summed E-state index contributed by atoms with van der Waals surface area (Å²) >= 11 is 7.16. The molecule has 0 aliphatic carbocycles. The zero-order chi connectivity index (χ0) is 19.1. The minimum atomic E-state index is -0.483. The maximum Gasteiger partial charge on any atom is 0.321 e. The first-order valence-corrected chi connectivity index (χ1v) is 9.73. The molecule has 3 amide bonds. The molecule has 2 rings (SSSR count). The third-order valence-electron chi connectivity index (χ3n) is 3.71. The maximum atomic E-state index is 11.9. The first-order valence-electron chi connectivity index (χ1n) is 8.36. The van der Waals surface area contributed by atoms with Crippen molar-refractivity contribution < 1.29 is 9.59 Å². The predicted molar refractivity (Wildman–Crippen MR) is 103 cm³/mol. The van der Waals surface area contributed by atoms with Crippen LogP contribution in [0.3, 0.4) is 0 Å². The van der Waals surface area contributed by atoms with Crippen LogP contribution in [0.15, 0.2) is 29.4 Å². The molecule has 0 fully saturated rings. The number of amides is 3. The molecular weight excluding hydrogens is 374 g/mol. The Hall–Kier alpha value is -2.06. The number of thioether (sulfide) groups is 1. The monoisotopic (exact) mass is 395 g/mol. The van der Waals surface area contributed by atoms with Gasteiger partial charge in [-0.15, -0.1) is 10.2 Å². The largest absolute Gasteiger partial charge is 0.335 e. The van der Waals surface area contributed by atoms with Gasteiger partial charge in [0.2, 0.25) is 5.91 Å². The van der Waals surface area contributed by atoms with E-state index in [1.165, 1.54) is 11.8 Å². The van der Waals surface area contributed by atoms with Crippen molar-refractivity contribution in [2.45, 2.75) is 44.9 Å². The Morgan fingerprint density at radius 1 is 1.23 bits per heavy atom. The third-order valence-corrected chi connectivity index (χ3v) is 4.93. The number of carbonyl (C=O) groups is 2. The molecular formula is C17H22ClN5O2S. The van der Waals surface area contributed by atoms with Gasteiger partial charge in [-0.05, 0) is 44.5 Å². The van der Waals surface area contributed by atoms with Gasteiger partial charge in [0.25, 0.3) is 0 Å². The summed E-state index contributed by atoms with van der Waals surface area (Å²) in [6.45, 7) is 6.47. The summed E-state index contributed by atoms with van der Waals surface area (Å²) in [6.07, 6.45) is 0.795. The highest BCUT2D eigenvalue weighted by atomic mass is 35.5. The van der Waals surface area contributed by atoms with Crippen LogP contribution in [-0.4, -0.2) is 38.5 Å². The first kappa shape index (κ1) is 20.3. The molecule has 26 heavy (non-hydrogen) atoms. The molecule has 0 unspecified atom stereocenters. The smallest absolute Gasteiger partial charge is 0.321 e. The fourth-order valence-corrected chi connectivity index (χ4v) is 3.08. The number of aromatic nitrogens is 3. The number of hydrogen-bond donors (Lipinski definition) is 2. The number of urea groups is 1. The molecule has 9 heteroatoms. The van der Waals surface area contributed by atoms with Crippen LogP contribution in [-0.2, 0) is 11.3 Å². The summed E-state index contributed by atoms with van der Waals surface area (Å²) in [5.41, 5.74) is 0.896. The Bertz CT molecular complexity index is 763. The zero-order valence-corrected chi connectivity index (χ0v) is 16.5. The summed E-state index contributed by atoms with van der Waals surface area (Å²) in [5.74, 6) is 0.406. The van der Waals surface area contributed by atoms with Crippen molar-refractivity contribution in [3.63, 3.8) is 0 Å². The van der Waals surface area contributed by atoms with Gasteiger partial charge in [-0.25, -0.2) is 4.79 Å². The maximum absolute atomic E-state index is 11.9. The van der Waals surface area contributed by atoms with Crippen LogP contribution in [0.2, 0.25) is 5.02 Å². The van der Waals surface area contributed by atoms with Crippen molar-refractivity contribution >= 4 is 35.3 Å². The SMILES string of the molecule is CC[C@@H](C)NC(=O)NC(=O)CSc1nnc(-c2ccc(Cl)cc2)n1CC. The molecule has 1 aromatic heterocycles. The van der Waals surface area contributed by atoms with Gasteiger partial charge in [0, 0.05) is 23.2 Å². The second-order valence-electron chi connectivity index (χ2n) is 5.68. The lowest BCUT2D eigenvalue weighted by Gasteiger charge is -2.11. The first-order chi connectivity index (χ1) is 12.4. The molecule has 0 radical (unpaired) electrons. The van der Waals surface area contributed by atoms with Gasteiger partial charge in [-0.1, -0.05) is 30.3 Å². The molecule has 0 aliphatic rings. The van der Waals surface area contributed by atoms with E-state index in [9.17, 15) is 9.59 Å². The molecule has 2 N–H and O–H groups in total. The van der Waals surface area contributed by atoms with E-state index < -0.39 is 6.03 Å². The predicted octanol–water partition coefficient (Wildman–Crippen LogP) is 3.33. The Morgan fingerprint density at radius 3 is 2.54 bits per heavy atom. The van der Waals surface area contributed by atoms with Crippen LogP contribution in [0.4, 0.5) is 4.79 Å². The van der Waals surface area contributed by atoms with Crippen molar-refractivity contribution in [3.8, 4) is 11.4 Å². The van der Waals surface area contributed by atoms with Crippen LogP contribution < -0.4 is 10.6 Å². The highest BCUT2D eigenvalue weighted by molar-refractivity contribution is 7.99. The van der Waals surface area contributed by atoms with Crippen LogP contribution in [0.5, 0.6) is 0 Å². The van der Waals surface area contributed by atoms with Gasteiger partial charge < -0.3 is 9.88 Å². The molecule has 2 aromatic rings. The number of nitrogens with zero attached hydrogens (tertiary/aromatic N) is 3. The van der Waals surface area contributed by atoms with E-state index in [1.807, 2.05) is 37.5 Å². The van der Waals surface area contributed by atoms with E-state index in [0.717, 1.165) is 12.0 Å². The fourth-order valence-electron chi connectivity index (χ4n) is 2.15. The average molecular weight is 396 g/mol. The third kappa shape index (κ3) is 5.47. The Balaban J connectivity index is 1.98. The molecule has 0 saturated heterocycles. The van der Waals surface area contributed by atoms with E-state index in [1.54, 1.807) is 12.1 Å². The van der Waals surface area contributed by atoms with Crippen molar-refractivity contribution in [2.24, 2.45) is 0 Å². The molecule has 0 bridgehead atoms. The lowest BCUT2D eigenvalue weighted by Crippen LogP contribution is -2.43. The van der Waals surface area contributed by atoms with Crippen LogP contribution in [0, 0.1) is 0 Å². The number of halogens is 1. The van der Waals surface area contributed by atoms with Gasteiger partial charge in [-0.3, -0.25) is 10.1 Å². The van der Waals surface area contributed by atoms with Gasteiger partial charge >= 0.3 is 6.03 Å². The number of benzene rings is 1. The Labute approximate surface area is 161 Å². The standard InChI is InChI=1S/C17H22ClN5O2S/c1-4-11(3)19-16(25)20-14(24)10-26-17-22-21-15(23(17)5-2)12-6-8-13(18)9-7-12/h6-9,11H,4-5,10H2,1-3H3,(H2,19,20,24,25)/t11-/m1/s1. The van der Waals surface area contributed by atoms with Gasteiger partial charge in [0.1, 0.15) is 0 Å². The molecule has 7 nitrogen and oxygen atoms in total. The molecule has 1 aromatic carbocycles. The molecule has 1 heterocycles. The number of carbonyl (C=O) groups excluding carboxylic acids is 2. The van der Waals surface area contributed by atoms with Gasteiger partial charge in [0.05, 0.1) is 5.75 Å². The highest BCUT2D eigenvalue weighted by Crippen LogP contribution is 2.24. The number of rotatable bonds is 7. The number of nitrogens with one attached hydrogen (secondary N) is 2. The van der Waals surface area contributed by atoms with Crippen molar-refractivity contribution in [3.05, 3.63) is 29.3 Å². The van der Waals surface area contributed by atoms with Crippen LogP contribution in [0.25, 0.3) is 11.4 Å². The summed E-state index contributed by atoms with van der Waals surface area (Å²) < 4.78 is 1.92. The highest BCUT2D eigenvalue weighted by Gasteiger charge is 2.16. The second-order valence-corrected chi connectivity index (χ2v) is 7.06. The molecule has 0 spiro atoms. The van der Waals surface area contributed by atoms with E-state index in [2.05, 4.69) is 20.8 Å². The quantitative estimate of drug-likeness (QED) is 0.702. The van der Waals surface area contributed by atoms with E-state index in [-0.39, 0.29) is 17.7 Å². The van der Waals surface area contributed by atoms with E-state index in [0.29, 0.717) is 22.5 Å². The molecule has 1 atom stereocenters. The topological polar surface area (TPSA) is 88.9 Å². The van der Waals surface area contributed by atoms with Crippen LogP contribution in [0.1, 0.15) is 27.2 Å². The lowest BCUT2D eigenvalue weighted by atomic mass is 10.2. The van der Waals surface area contributed by atoms with Gasteiger partial charge in [0.15, 0.2) is 11.0 Å². The van der Waals surface area contributed by atoms with Crippen molar-refractivity contribution in [1.29, 1.82) is 0 Å². The molecule has 0 saturated carbocycles. The summed E-state index contributed by atoms with van der Waals surface area (Å²) in [7, 11) is 0. The Morgan fingerprint density at radius 2 is 1.92 bits per heavy atom. The fraction of sp³-hybridized carbons (Fsp3) is 0.412. The summed E-state index contributed by atoms with van der Waals surface area (Å²) in [4.78, 5) is 23.6. The zero-order valence-electron chi connectivity index (χ0n) is 15.0. The van der Waals surface area contributed by atoms with Gasteiger partial charge in [-0.2, -0.15) is 0 Å². The number of imide groups is 1. The minimum absolute atomic E-state index is 0.0144. The van der Waals surface area contributed by atoms with Crippen molar-refractivity contribution in [1.82, 2.24) is 25.4 Å². The van der Waals surface area contributed by atoms with Crippen molar-refractivity contribution in [2.75, 3.05) is 5.75 Å². The summed E-state index contributed by atoms with van der Waals surface area (Å²) in [5, 5.41) is 14.6. The molecule has 140 valence electrons. The lowest BCUT2D eigenvalue weighted by molar-refractivity contribution is -0.117. The van der Waals surface area contributed by atoms with E-state index >= 15 is 0 Å². The molecule has 0 aliphatic heterocycles.